The monoisotopic (exact) mass is 237 g/mol. The molecule has 0 aliphatic rings. The smallest absolute Gasteiger partial charge is 0.234 e. The van der Waals surface area contributed by atoms with Crippen molar-refractivity contribution in [3.05, 3.63) is 18.2 Å². The van der Waals surface area contributed by atoms with Crippen LogP contribution in [-0.2, 0) is 13.0 Å². The van der Waals surface area contributed by atoms with Crippen LogP contribution in [0, 0.1) is 0 Å². The molecule has 0 saturated heterocycles. The molecule has 2 heteroatoms. The Kier molecular flexibility index (Phi) is 6.31. The molecular weight excluding hydrogens is 208 g/mol. The number of hydrogen-bond donors (Lipinski definition) is 0. The Morgan fingerprint density at radius 2 is 1.82 bits per heavy atom. The SMILES string of the molecule is CCCCC[n+]1ccn(C(C)C)c1CCCC. The summed E-state index contributed by atoms with van der Waals surface area (Å²) in [7, 11) is 0. The van der Waals surface area contributed by atoms with Gasteiger partial charge in [0.2, 0.25) is 0 Å². The maximum absolute atomic E-state index is 2.46. The Balaban J connectivity index is 2.73. The third-order valence-electron chi connectivity index (χ3n) is 3.35. The third kappa shape index (κ3) is 4.18. The minimum Gasteiger partial charge on any atom is -0.234 e. The van der Waals surface area contributed by atoms with Crippen LogP contribution in [0.15, 0.2) is 12.4 Å². The Labute approximate surface area is 107 Å². The van der Waals surface area contributed by atoms with E-state index >= 15 is 0 Å². The lowest BCUT2D eigenvalue weighted by Crippen LogP contribution is -2.37. The summed E-state index contributed by atoms with van der Waals surface area (Å²) in [5, 5.41) is 0. The zero-order chi connectivity index (χ0) is 12.7. The lowest BCUT2D eigenvalue weighted by molar-refractivity contribution is -0.704. The molecule has 0 spiro atoms. The lowest BCUT2D eigenvalue weighted by atomic mass is 10.2. The molecule has 2 nitrogen and oxygen atoms in total. The Morgan fingerprint density at radius 3 is 2.41 bits per heavy atom. The molecule has 1 rings (SSSR count). The second-order valence-corrected chi connectivity index (χ2v) is 5.22. The second-order valence-electron chi connectivity index (χ2n) is 5.22. The molecule has 0 aliphatic carbocycles. The van der Waals surface area contributed by atoms with Crippen molar-refractivity contribution in [1.82, 2.24) is 4.57 Å². The van der Waals surface area contributed by atoms with Crippen LogP contribution in [0.2, 0.25) is 0 Å². The molecule has 98 valence electrons. The zero-order valence-corrected chi connectivity index (χ0v) is 12.1. The predicted molar refractivity (Wildman–Crippen MR) is 73.1 cm³/mol. The number of nitrogens with zero attached hydrogens (tertiary/aromatic N) is 2. The van der Waals surface area contributed by atoms with Crippen molar-refractivity contribution in [2.45, 2.75) is 78.8 Å². The highest BCUT2D eigenvalue weighted by molar-refractivity contribution is 4.86. The number of imidazole rings is 1. The molecule has 0 bridgehead atoms. The number of hydrogen-bond acceptors (Lipinski definition) is 0. The first-order valence-corrected chi connectivity index (χ1v) is 7.29. The molecule has 0 fully saturated rings. The fourth-order valence-corrected chi connectivity index (χ4v) is 2.29. The van der Waals surface area contributed by atoms with E-state index in [1.807, 2.05) is 0 Å². The van der Waals surface area contributed by atoms with Crippen LogP contribution in [0.1, 0.15) is 71.7 Å². The van der Waals surface area contributed by atoms with Gasteiger partial charge in [0, 0.05) is 6.42 Å². The quantitative estimate of drug-likeness (QED) is 0.479. The van der Waals surface area contributed by atoms with E-state index in [1.54, 1.807) is 0 Å². The minimum atomic E-state index is 0.578. The van der Waals surface area contributed by atoms with Gasteiger partial charge in [-0.2, -0.15) is 0 Å². The number of aromatic nitrogens is 2. The Hall–Kier alpha value is -0.790. The Bertz CT molecular complexity index is 313. The molecule has 0 amide bonds. The van der Waals surface area contributed by atoms with Gasteiger partial charge in [-0.1, -0.05) is 26.7 Å². The lowest BCUT2D eigenvalue weighted by Gasteiger charge is -2.07. The minimum absolute atomic E-state index is 0.578. The van der Waals surface area contributed by atoms with Gasteiger partial charge in [0.25, 0.3) is 5.82 Å². The van der Waals surface area contributed by atoms with Crippen molar-refractivity contribution in [2.24, 2.45) is 0 Å². The van der Waals surface area contributed by atoms with Crippen molar-refractivity contribution in [2.75, 3.05) is 0 Å². The molecule has 0 N–H and O–H groups in total. The van der Waals surface area contributed by atoms with Crippen LogP contribution in [0.4, 0.5) is 0 Å². The molecule has 0 saturated carbocycles. The number of aryl methyl sites for hydroxylation is 1. The van der Waals surface area contributed by atoms with Crippen LogP contribution in [0.3, 0.4) is 0 Å². The molecule has 0 unspecified atom stereocenters. The van der Waals surface area contributed by atoms with E-state index in [1.165, 1.54) is 50.9 Å². The molecule has 0 aliphatic heterocycles. The normalized spacial score (nSPS) is 11.4. The first-order chi connectivity index (χ1) is 8.20. The number of unbranched alkanes of at least 4 members (excludes halogenated alkanes) is 3. The molecule has 0 atom stereocenters. The van der Waals surface area contributed by atoms with E-state index in [0.717, 1.165) is 0 Å². The van der Waals surface area contributed by atoms with Crippen molar-refractivity contribution >= 4 is 0 Å². The van der Waals surface area contributed by atoms with Gasteiger partial charge in [-0.3, -0.25) is 0 Å². The third-order valence-corrected chi connectivity index (χ3v) is 3.35. The van der Waals surface area contributed by atoms with Crippen molar-refractivity contribution in [3.8, 4) is 0 Å². The van der Waals surface area contributed by atoms with Crippen LogP contribution in [-0.4, -0.2) is 4.57 Å². The topological polar surface area (TPSA) is 8.81 Å². The van der Waals surface area contributed by atoms with Crippen molar-refractivity contribution in [3.63, 3.8) is 0 Å². The maximum Gasteiger partial charge on any atom is 0.256 e. The highest BCUT2D eigenvalue weighted by Crippen LogP contribution is 2.10. The van der Waals surface area contributed by atoms with Gasteiger partial charge in [-0.25, -0.2) is 9.13 Å². The van der Waals surface area contributed by atoms with Crippen molar-refractivity contribution in [1.29, 1.82) is 0 Å². The van der Waals surface area contributed by atoms with E-state index in [9.17, 15) is 0 Å². The summed E-state index contributed by atoms with van der Waals surface area (Å²) in [5.41, 5.74) is 0. The van der Waals surface area contributed by atoms with Gasteiger partial charge < -0.3 is 0 Å². The second kappa shape index (κ2) is 7.52. The standard InChI is InChI=1S/C15H29N2/c1-5-7-9-11-16-12-13-17(14(3)4)15(16)10-8-6-2/h12-14H,5-11H2,1-4H3/q+1. The van der Waals surface area contributed by atoms with Crippen LogP contribution in [0.25, 0.3) is 0 Å². The first kappa shape index (κ1) is 14.3. The van der Waals surface area contributed by atoms with E-state index in [4.69, 9.17) is 0 Å². The predicted octanol–water partition coefficient (Wildman–Crippen LogP) is 3.89. The summed E-state index contributed by atoms with van der Waals surface area (Å²) >= 11 is 0. The van der Waals surface area contributed by atoms with Crippen LogP contribution >= 0.6 is 0 Å². The van der Waals surface area contributed by atoms with Crippen LogP contribution in [0.5, 0.6) is 0 Å². The average Bonchev–Trinajstić information content (AvgIpc) is 2.70. The average molecular weight is 237 g/mol. The maximum atomic E-state index is 2.46. The summed E-state index contributed by atoms with van der Waals surface area (Å²) in [4.78, 5) is 0. The van der Waals surface area contributed by atoms with Gasteiger partial charge in [-0.15, -0.1) is 0 Å². The molecule has 1 aromatic heterocycles. The fourth-order valence-electron chi connectivity index (χ4n) is 2.29. The summed E-state index contributed by atoms with van der Waals surface area (Å²) in [6.45, 7) is 10.3. The summed E-state index contributed by atoms with van der Waals surface area (Å²) in [5.74, 6) is 1.51. The van der Waals surface area contributed by atoms with Gasteiger partial charge in [0.1, 0.15) is 12.4 Å². The van der Waals surface area contributed by atoms with E-state index in [2.05, 4.69) is 49.2 Å². The molecule has 17 heavy (non-hydrogen) atoms. The highest BCUT2D eigenvalue weighted by Gasteiger charge is 2.18. The molecule has 1 aromatic rings. The van der Waals surface area contributed by atoms with Crippen LogP contribution < -0.4 is 4.57 Å². The summed E-state index contributed by atoms with van der Waals surface area (Å²) < 4.78 is 4.90. The molecule has 1 heterocycles. The van der Waals surface area contributed by atoms with Crippen molar-refractivity contribution < 1.29 is 4.57 Å². The molecule has 0 aromatic carbocycles. The van der Waals surface area contributed by atoms with E-state index < -0.39 is 0 Å². The fraction of sp³-hybridized carbons (Fsp3) is 0.800. The Morgan fingerprint density at radius 1 is 1.12 bits per heavy atom. The van der Waals surface area contributed by atoms with Gasteiger partial charge in [0.15, 0.2) is 0 Å². The van der Waals surface area contributed by atoms with E-state index in [-0.39, 0.29) is 0 Å². The largest absolute Gasteiger partial charge is 0.256 e. The zero-order valence-electron chi connectivity index (χ0n) is 12.1. The summed E-state index contributed by atoms with van der Waals surface area (Å²) in [6.07, 6.45) is 12.3. The first-order valence-electron chi connectivity index (χ1n) is 7.29. The van der Waals surface area contributed by atoms with Gasteiger partial charge >= 0.3 is 0 Å². The highest BCUT2D eigenvalue weighted by atomic mass is 15.2. The van der Waals surface area contributed by atoms with E-state index in [0.29, 0.717) is 6.04 Å². The van der Waals surface area contributed by atoms with Gasteiger partial charge in [-0.05, 0) is 33.1 Å². The summed E-state index contributed by atoms with van der Waals surface area (Å²) in [6, 6.07) is 0.578. The molecular formula is C15H29N2+. The van der Waals surface area contributed by atoms with Gasteiger partial charge in [0.05, 0.1) is 12.6 Å². The molecule has 0 radical (unpaired) electrons. The number of rotatable bonds is 8.